The number of halogens is 3. The molecule has 180 valence electrons. The van der Waals surface area contributed by atoms with Crippen molar-refractivity contribution in [3.63, 3.8) is 0 Å². The van der Waals surface area contributed by atoms with Crippen LogP contribution in [0.4, 0.5) is 13.2 Å². The average Bonchev–Trinajstić information content (AvgIpc) is 3.00. The molecule has 1 aliphatic carbocycles. The Labute approximate surface area is 189 Å². The summed E-state index contributed by atoms with van der Waals surface area (Å²) < 4.78 is 40.6. The maximum Gasteiger partial charge on any atom is 0.573 e. The molecular weight excluding hydrogens is 441 g/mol. The quantitative estimate of drug-likeness (QED) is 0.452. The van der Waals surface area contributed by atoms with Gasteiger partial charge in [0.05, 0.1) is 17.9 Å². The summed E-state index contributed by atoms with van der Waals surface area (Å²) in [4.78, 5) is 39.9. The number of ether oxygens (including phenoxy) is 1. The third kappa shape index (κ3) is 5.93. The summed E-state index contributed by atoms with van der Waals surface area (Å²) in [5, 5.41) is 12.9. The van der Waals surface area contributed by atoms with Crippen LogP contribution in [-0.2, 0) is 14.4 Å². The fraction of sp³-hybridized carbons (Fsp3) is 0.522. The van der Waals surface area contributed by atoms with E-state index in [0.717, 1.165) is 17.0 Å². The van der Waals surface area contributed by atoms with Gasteiger partial charge in [0, 0.05) is 6.54 Å². The van der Waals surface area contributed by atoms with Gasteiger partial charge < -0.3 is 15.2 Å². The summed E-state index contributed by atoms with van der Waals surface area (Å²) in [6, 6.07) is 3.65. The first-order valence-corrected chi connectivity index (χ1v) is 10.8. The molecule has 0 saturated carbocycles. The molecule has 7 nitrogen and oxygen atoms in total. The first-order chi connectivity index (χ1) is 15.5. The molecule has 1 aliphatic heterocycles. The zero-order valence-corrected chi connectivity index (χ0v) is 18.3. The number of amides is 3. The van der Waals surface area contributed by atoms with Crippen molar-refractivity contribution in [3.8, 4) is 5.75 Å². The molecule has 1 heterocycles. The van der Waals surface area contributed by atoms with Gasteiger partial charge in [-0.1, -0.05) is 38.1 Å². The van der Waals surface area contributed by atoms with Gasteiger partial charge in [-0.3, -0.25) is 19.3 Å². The molecule has 0 spiro atoms. The molecule has 0 radical (unpaired) electrons. The van der Waals surface area contributed by atoms with E-state index in [1.54, 1.807) is 0 Å². The number of nitrogens with zero attached hydrogens (tertiary/aromatic N) is 1. The summed E-state index contributed by atoms with van der Waals surface area (Å²) in [6.45, 7) is 3.51. The summed E-state index contributed by atoms with van der Waals surface area (Å²) in [7, 11) is 0. The van der Waals surface area contributed by atoms with Crippen LogP contribution in [0.15, 0.2) is 36.4 Å². The molecule has 1 aromatic carbocycles. The molecule has 4 unspecified atom stereocenters. The van der Waals surface area contributed by atoms with E-state index in [0.29, 0.717) is 12.8 Å². The maximum absolute atomic E-state index is 13.0. The fourth-order valence-electron chi connectivity index (χ4n) is 4.23. The number of hydrogen-bond donors (Lipinski definition) is 2. The van der Waals surface area contributed by atoms with E-state index in [-0.39, 0.29) is 36.3 Å². The number of hydrogen-bond acceptors (Lipinski definition) is 5. The van der Waals surface area contributed by atoms with Crippen LogP contribution >= 0.6 is 0 Å². The summed E-state index contributed by atoms with van der Waals surface area (Å²) in [5.41, 5.74) is 0.274. The summed E-state index contributed by atoms with van der Waals surface area (Å²) in [6.07, 6.45) is -1.08. The third-order valence-corrected chi connectivity index (χ3v) is 5.82. The Morgan fingerprint density at radius 1 is 1.12 bits per heavy atom. The predicted octanol–water partition coefficient (Wildman–Crippen LogP) is 3.10. The number of carbonyl (C=O) groups is 3. The molecule has 1 saturated heterocycles. The number of aliphatic hydroxyl groups is 1. The zero-order valence-electron chi connectivity index (χ0n) is 18.3. The minimum Gasteiger partial charge on any atom is -0.406 e. The number of likely N-dealkylation sites (tertiary alicyclic amines) is 1. The summed E-state index contributed by atoms with van der Waals surface area (Å²) in [5.74, 6) is -2.57. The van der Waals surface area contributed by atoms with Gasteiger partial charge in [-0.25, -0.2) is 0 Å². The lowest BCUT2D eigenvalue weighted by molar-refractivity contribution is -0.274. The highest BCUT2D eigenvalue weighted by atomic mass is 19.4. The minimum absolute atomic E-state index is 0.0215. The standard InChI is InChI=1S/C23H27F3N2O5/c1-13(2)11-18(28-21(31)16-5-3-4-6-17(16)22(28)32)20(30)27-12-19(29)14-7-9-15(10-8-14)33-23(24,25)26/h3-4,7-10,13,16-19,29H,5-6,11-12H2,1-2H3,(H,27,30). The molecule has 3 amide bonds. The molecular formula is C23H27F3N2O5. The molecule has 10 heteroatoms. The van der Waals surface area contributed by atoms with Crippen molar-refractivity contribution in [1.29, 1.82) is 0 Å². The van der Waals surface area contributed by atoms with Crippen molar-refractivity contribution < 1.29 is 37.4 Å². The van der Waals surface area contributed by atoms with Crippen LogP contribution in [0, 0.1) is 17.8 Å². The topological polar surface area (TPSA) is 95.9 Å². The highest BCUT2D eigenvalue weighted by molar-refractivity contribution is 6.08. The Kier molecular flexibility index (Phi) is 7.46. The molecule has 2 N–H and O–H groups in total. The molecule has 0 bridgehead atoms. The number of allylic oxidation sites excluding steroid dienone is 2. The van der Waals surface area contributed by atoms with Crippen LogP contribution in [0.3, 0.4) is 0 Å². The normalized spacial score (nSPS) is 22.3. The Hall–Kier alpha value is -2.88. The highest BCUT2D eigenvalue weighted by Gasteiger charge is 2.51. The second-order valence-electron chi connectivity index (χ2n) is 8.73. The van der Waals surface area contributed by atoms with E-state index in [4.69, 9.17) is 0 Å². The molecule has 0 aromatic heterocycles. The van der Waals surface area contributed by atoms with E-state index >= 15 is 0 Å². The van der Waals surface area contributed by atoms with Gasteiger partial charge in [0.1, 0.15) is 11.8 Å². The van der Waals surface area contributed by atoms with Crippen molar-refractivity contribution in [2.45, 2.75) is 51.6 Å². The molecule has 1 fully saturated rings. The van der Waals surface area contributed by atoms with Gasteiger partial charge in [-0.2, -0.15) is 0 Å². The van der Waals surface area contributed by atoms with Gasteiger partial charge in [0.15, 0.2) is 0 Å². The minimum atomic E-state index is -4.82. The van der Waals surface area contributed by atoms with Crippen LogP contribution < -0.4 is 10.1 Å². The zero-order chi connectivity index (χ0) is 24.3. The SMILES string of the molecule is CC(C)CC(C(=O)NCC(O)c1ccc(OC(F)(F)F)cc1)N1C(=O)C2CC=CCC2C1=O. The molecule has 2 aliphatic rings. The number of fused-ring (bicyclic) bond motifs is 1. The van der Waals surface area contributed by atoms with Crippen molar-refractivity contribution in [1.82, 2.24) is 10.2 Å². The Balaban J connectivity index is 1.66. The third-order valence-electron chi connectivity index (χ3n) is 5.82. The van der Waals surface area contributed by atoms with Gasteiger partial charge in [-0.05, 0) is 42.9 Å². The molecule has 1 aromatic rings. The van der Waals surface area contributed by atoms with Gasteiger partial charge >= 0.3 is 6.36 Å². The van der Waals surface area contributed by atoms with Crippen molar-refractivity contribution in [2.24, 2.45) is 17.8 Å². The first-order valence-electron chi connectivity index (χ1n) is 10.8. The lowest BCUT2D eigenvalue weighted by atomic mass is 9.85. The fourth-order valence-corrected chi connectivity index (χ4v) is 4.23. The van der Waals surface area contributed by atoms with E-state index in [2.05, 4.69) is 10.1 Å². The van der Waals surface area contributed by atoms with Crippen LogP contribution in [0.5, 0.6) is 5.75 Å². The Morgan fingerprint density at radius 2 is 1.67 bits per heavy atom. The molecule has 33 heavy (non-hydrogen) atoms. The monoisotopic (exact) mass is 468 g/mol. The number of rotatable bonds is 8. The van der Waals surface area contributed by atoms with Crippen LogP contribution in [0.2, 0.25) is 0 Å². The molecule has 4 atom stereocenters. The smallest absolute Gasteiger partial charge is 0.406 e. The first kappa shape index (κ1) is 24.8. The van der Waals surface area contributed by atoms with Crippen molar-refractivity contribution >= 4 is 17.7 Å². The van der Waals surface area contributed by atoms with E-state index in [1.165, 1.54) is 12.1 Å². The van der Waals surface area contributed by atoms with Crippen LogP contribution in [0.1, 0.15) is 44.8 Å². The lowest BCUT2D eigenvalue weighted by Gasteiger charge is -2.27. The van der Waals surface area contributed by atoms with E-state index < -0.39 is 42.0 Å². The number of nitrogens with one attached hydrogen (secondary N) is 1. The molecule has 3 rings (SSSR count). The highest BCUT2D eigenvalue weighted by Crippen LogP contribution is 2.37. The Bertz CT molecular complexity index is 888. The maximum atomic E-state index is 13.0. The Morgan fingerprint density at radius 3 is 2.15 bits per heavy atom. The number of aliphatic hydroxyl groups excluding tert-OH is 1. The summed E-state index contributed by atoms with van der Waals surface area (Å²) >= 11 is 0. The lowest BCUT2D eigenvalue weighted by Crippen LogP contribution is -2.51. The van der Waals surface area contributed by atoms with Crippen LogP contribution in [0.25, 0.3) is 0 Å². The number of carbonyl (C=O) groups excluding carboxylic acids is 3. The predicted molar refractivity (Wildman–Crippen MR) is 112 cm³/mol. The van der Waals surface area contributed by atoms with Gasteiger partial charge in [0.25, 0.3) is 0 Å². The van der Waals surface area contributed by atoms with Gasteiger partial charge in [0.2, 0.25) is 17.7 Å². The number of alkyl halides is 3. The van der Waals surface area contributed by atoms with E-state index in [9.17, 15) is 32.7 Å². The second kappa shape index (κ2) is 9.94. The second-order valence-corrected chi connectivity index (χ2v) is 8.73. The number of benzene rings is 1. The number of imide groups is 1. The average molecular weight is 468 g/mol. The van der Waals surface area contributed by atoms with Crippen molar-refractivity contribution in [3.05, 3.63) is 42.0 Å². The van der Waals surface area contributed by atoms with Crippen molar-refractivity contribution in [2.75, 3.05) is 6.54 Å². The van der Waals surface area contributed by atoms with Crippen LogP contribution in [-0.4, -0.2) is 46.7 Å². The van der Waals surface area contributed by atoms with E-state index in [1.807, 2.05) is 26.0 Å². The largest absolute Gasteiger partial charge is 0.573 e. The van der Waals surface area contributed by atoms with Gasteiger partial charge in [-0.15, -0.1) is 13.2 Å².